The Kier molecular flexibility index (Phi) is 8.59. The fourth-order valence-electron chi connectivity index (χ4n) is 2.12. The molecule has 1 aliphatic heterocycles. The van der Waals surface area contributed by atoms with Crippen LogP contribution in [0.1, 0.15) is 46.0 Å². The maximum Gasteiger partial charge on any atom is 0.0897 e. The zero-order valence-corrected chi connectivity index (χ0v) is 11.9. The molecule has 3 atom stereocenters. The second-order valence-electron chi connectivity index (χ2n) is 5.28. The zero-order valence-electron chi connectivity index (χ0n) is 11.9. The van der Waals surface area contributed by atoms with Gasteiger partial charge in [0, 0.05) is 19.2 Å². The number of rotatable bonds is 10. The number of unbranched alkanes of at least 4 members (excludes halogenated alkanes) is 1. The van der Waals surface area contributed by atoms with Crippen LogP contribution in [-0.2, 0) is 9.47 Å². The highest BCUT2D eigenvalue weighted by atomic mass is 16.5. The molecule has 1 aliphatic rings. The third kappa shape index (κ3) is 7.31. The summed E-state index contributed by atoms with van der Waals surface area (Å²) in [4.78, 5) is 0. The molecule has 4 nitrogen and oxygen atoms in total. The zero-order chi connectivity index (χ0) is 13.2. The monoisotopic (exact) mass is 259 g/mol. The molecule has 1 saturated heterocycles. The van der Waals surface area contributed by atoms with Crippen LogP contribution in [0.3, 0.4) is 0 Å². The van der Waals surface area contributed by atoms with E-state index in [1.165, 1.54) is 19.3 Å². The number of aliphatic hydroxyl groups excluding tert-OH is 1. The average Bonchev–Trinajstić information content (AvgIpc) is 2.87. The summed E-state index contributed by atoms with van der Waals surface area (Å²) in [7, 11) is 0. The molecule has 1 heterocycles. The summed E-state index contributed by atoms with van der Waals surface area (Å²) in [5.41, 5.74) is 0. The van der Waals surface area contributed by atoms with Gasteiger partial charge in [0.05, 0.1) is 25.4 Å². The van der Waals surface area contributed by atoms with E-state index in [1.54, 1.807) is 0 Å². The Hall–Kier alpha value is -0.160. The lowest BCUT2D eigenvalue weighted by molar-refractivity contribution is -0.0169. The SMILES string of the molecule is CCCCC(C)NCC(O)COCC1CCCO1. The lowest BCUT2D eigenvalue weighted by atomic mass is 10.1. The third-order valence-electron chi connectivity index (χ3n) is 3.33. The van der Waals surface area contributed by atoms with Crippen LogP contribution in [0, 0.1) is 0 Å². The lowest BCUT2D eigenvalue weighted by Gasteiger charge is -2.18. The molecule has 108 valence electrons. The molecule has 0 radical (unpaired) electrons. The van der Waals surface area contributed by atoms with Gasteiger partial charge >= 0.3 is 0 Å². The molecule has 0 spiro atoms. The van der Waals surface area contributed by atoms with E-state index in [4.69, 9.17) is 9.47 Å². The molecule has 0 aliphatic carbocycles. The van der Waals surface area contributed by atoms with Gasteiger partial charge in [-0.2, -0.15) is 0 Å². The highest BCUT2D eigenvalue weighted by Crippen LogP contribution is 2.11. The second-order valence-corrected chi connectivity index (χ2v) is 5.28. The molecule has 18 heavy (non-hydrogen) atoms. The van der Waals surface area contributed by atoms with Gasteiger partial charge in [0.25, 0.3) is 0 Å². The quantitative estimate of drug-likeness (QED) is 0.627. The molecule has 0 aromatic heterocycles. The van der Waals surface area contributed by atoms with Gasteiger partial charge in [0.2, 0.25) is 0 Å². The van der Waals surface area contributed by atoms with Crippen molar-refractivity contribution in [2.45, 2.75) is 64.2 Å². The van der Waals surface area contributed by atoms with Gasteiger partial charge < -0.3 is 19.9 Å². The summed E-state index contributed by atoms with van der Waals surface area (Å²) in [6, 6.07) is 0.470. The Balaban J connectivity index is 1.94. The third-order valence-corrected chi connectivity index (χ3v) is 3.33. The van der Waals surface area contributed by atoms with Crippen LogP contribution in [0.2, 0.25) is 0 Å². The van der Waals surface area contributed by atoms with Crippen molar-refractivity contribution in [1.29, 1.82) is 0 Å². The van der Waals surface area contributed by atoms with Crippen molar-refractivity contribution in [3.63, 3.8) is 0 Å². The van der Waals surface area contributed by atoms with Gasteiger partial charge in [-0.1, -0.05) is 19.8 Å². The van der Waals surface area contributed by atoms with Crippen molar-refractivity contribution in [1.82, 2.24) is 5.32 Å². The Morgan fingerprint density at radius 3 is 3.00 bits per heavy atom. The molecule has 0 aromatic carbocycles. The normalized spacial score (nSPS) is 23.2. The molecule has 0 saturated carbocycles. The van der Waals surface area contributed by atoms with E-state index in [0.717, 1.165) is 19.4 Å². The summed E-state index contributed by atoms with van der Waals surface area (Å²) in [6.07, 6.45) is 5.66. The highest BCUT2D eigenvalue weighted by Gasteiger charge is 2.16. The molecular formula is C14H29NO3. The first-order valence-corrected chi connectivity index (χ1v) is 7.33. The van der Waals surface area contributed by atoms with E-state index in [1.807, 2.05) is 0 Å². The standard InChI is InChI=1S/C14H29NO3/c1-3-4-6-12(2)15-9-13(16)10-17-11-14-7-5-8-18-14/h12-16H,3-11H2,1-2H3. The summed E-state index contributed by atoms with van der Waals surface area (Å²) in [5.74, 6) is 0. The van der Waals surface area contributed by atoms with Crippen LogP contribution in [-0.4, -0.2) is 49.7 Å². The van der Waals surface area contributed by atoms with Gasteiger partial charge in [0.1, 0.15) is 0 Å². The molecule has 0 bridgehead atoms. The predicted molar refractivity (Wildman–Crippen MR) is 72.8 cm³/mol. The van der Waals surface area contributed by atoms with Crippen molar-refractivity contribution in [2.75, 3.05) is 26.4 Å². The second kappa shape index (κ2) is 9.73. The number of hydrogen-bond donors (Lipinski definition) is 2. The molecule has 4 heteroatoms. The Labute approximate surface area is 111 Å². The van der Waals surface area contributed by atoms with E-state index in [9.17, 15) is 5.11 Å². The van der Waals surface area contributed by atoms with Crippen LogP contribution in [0.5, 0.6) is 0 Å². The first-order valence-electron chi connectivity index (χ1n) is 7.33. The van der Waals surface area contributed by atoms with Crippen LogP contribution >= 0.6 is 0 Å². The van der Waals surface area contributed by atoms with Gasteiger partial charge in [-0.3, -0.25) is 0 Å². The molecule has 0 amide bonds. The Bertz CT molecular complexity index is 195. The smallest absolute Gasteiger partial charge is 0.0897 e. The van der Waals surface area contributed by atoms with E-state index < -0.39 is 6.10 Å². The molecular weight excluding hydrogens is 230 g/mol. The van der Waals surface area contributed by atoms with Gasteiger partial charge in [-0.25, -0.2) is 0 Å². The van der Waals surface area contributed by atoms with Crippen molar-refractivity contribution in [3.8, 4) is 0 Å². The van der Waals surface area contributed by atoms with Crippen molar-refractivity contribution >= 4 is 0 Å². The Morgan fingerprint density at radius 1 is 1.50 bits per heavy atom. The molecule has 3 unspecified atom stereocenters. The molecule has 2 N–H and O–H groups in total. The summed E-state index contributed by atoms with van der Waals surface area (Å²) in [6.45, 7) is 6.83. The van der Waals surface area contributed by atoms with E-state index >= 15 is 0 Å². The lowest BCUT2D eigenvalue weighted by Crippen LogP contribution is -2.36. The number of nitrogens with one attached hydrogen (secondary N) is 1. The average molecular weight is 259 g/mol. The van der Waals surface area contributed by atoms with Crippen LogP contribution in [0.4, 0.5) is 0 Å². The summed E-state index contributed by atoms with van der Waals surface area (Å²) < 4.78 is 10.9. The molecule has 1 fully saturated rings. The minimum atomic E-state index is -0.421. The Morgan fingerprint density at radius 2 is 2.33 bits per heavy atom. The minimum Gasteiger partial charge on any atom is -0.389 e. The first-order chi connectivity index (χ1) is 8.72. The molecule has 0 aromatic rings. The maximum absolute atomic E-state index is 9.77. The number of ether oxygens (including phenoxy) is 2. The fraction of sp³-hybridized carbons (Fsp3) is 1.00. The van der Waals surface area contributed by atoms with E-state index in [0.29, 0.717) is 25.8 Å². The van der Waals surface area contributed by atoms with Crippen LogP contribution in [0.15, 0.2) is 0 Å². The molecule has 1 rings (SSSR count). The first kappa shape index (κ1) is 15.9. The topological polar surface area (TPSA) is 50.7 Å². The summed E-state index contributed by atoms with van der Waals surface area (Å²) >= 11 is 0. The van der Waals surface area contributed by atoms with E-state index in [2.05, 4.69) is 19.2 Å². The fourth-order valence-corrected chi connectivity index (χ4v) is 2.12. The van der Waals surface area contributed by atoms with Crippen LogP contribution < -0.4 is 5.32 Å². The largest absolute Gasteiger partial charge is 0.389 e. The highest BCUT2D eigenvalue weighted by molar-refractivity contribution is 4.67. The van der Waals surface area contributed by atoms with Crippen molar-refractivity contribution < 1.29 is 14.6 Å². The predicted octanol–water partition coefficient (Wildman–Crippen LogP) is 1.71. The number of aliphatic hydroxyl groups is 1. The van der Waals surface area contributed by atoms with E-state index in [-0.39, 0.29) is 6.10 Å². The van der Waals surface area contributed by atoms with Crippen molar-refractivity contribution in [2.24, 2.45) is 0 Å². The van der Waals surface area contributed by atoms with Crippen molar-refractivity contribution in [3.05, 3.63) is 0 Å². The summed E-state index contributed by atoms with van der Waals surface area (Å²) in [5, 5.41) is 13.1. The number of hydrogen-bond acceptors (Lipinski definition) is 4. The maximum atomic E-state index is 9.77. The van der Waals surface area contributed by atoms with Gasteiger partial charge in [-0.15, -0.1) is 0 Å². The van der Waals surface area contributed by atoms with Crippen LogP contribution in [0.25, 0.3) is 0 Å². The van der Waals surface area contributed by atoms with Gasteiger partial charge in [0.15, 0.2) is 0 Å². The minimum absolute atomic E-state index is 0.244. The van der Waals surface area contributed by atoms with Gasteiger partial charge in [-0.05, 0) is 26.2 Å².